The quantitative estimate of drug-likeness (QED) is 0.896. The number of carbonyl (C=O) groups is 1. The van der Waals surface area contributed by atoms with Gasteiger partial charge in [-0.05, 0) is 18.7 Å². The van der Waals surface area contributed by atoms with Gasteiger partial charge in [0.2, 0.25) is 5.91 Å². The summed E-state index contributed by atoms with van der Waals surface area (Å²) in [7, 11) is 2.02. The van der Waals surface area contributed by atoms with Crippen molar-refractivity contribution in [1.29, 1.82) is 0 Å². The van der Waals surface area contributed by atoms with Gasteiger partial charge in [0.15, 0.2) is 0 Å². The van der Waals surface area contributed by atoms with Crippen molar-refractivity contribution in [2.75, 3.05) is 39.8 Å². The second-order valence-corrected chi connectivity index (χ2v) is 5.62. The Balaban J connectivity index is 1.76. The molecule has 1 amide bonds. The van der Waals surface area contributed by atoms with Gasteiger partial charge in [-0.1, -0.05) is 29.8 Å². The summed E-state index contributed by atoms with van der Waals surface area (Å²) in [6.07, 6.45) is 0.570. The molecule has 1 N–H and O–H groups in total. The molecule has 5 heteroatoms. The molecule has 1 fully saturated rings. The maximum absolute atomic E-state index is 12.1. The molecule has 1 aliphatic heterocycles. The Hall–Kier alpha value is -1.10. The van der Waals surface area contributed by atoms with E-state index in [0.29, 0.717) is 6.42 Å². The van der Waals surface area contributed by atoms with Crippen molar-refractivity contribution < 1.29 is 4.79 Å². The van der Waals surface area contributed by atoms with Gasteiger partial charge in [0, 0.05) is 50.7 Å². The first-order valence-electron chi connectivity index (χ1n) is 7.07. The van der Waals surface area contributed by atoms with E-state index in [9.17, 15) is 4.79 Å². The fourth-order valence-electron chi connectivity index (χ4n) is 2.36. The van der Waals surface area contributed by atoms with E-state index in [1.54, 1.807) is 0 Å². The lowest BCUT2D eigenvalue weighted by molar-refractivity contribution is -0.132. The van der Waals surface area contributed by atoms with E-state index in [2.05, 4.69) is 10.2 Å². The van der Waals surface area contributed by atoms with E-state index < -0.39 is 0 Å². The van der Waals surface area contributed by atoms with Crippen molar-refractivity contribution in [2.45, 2.75) is 13.0 Å². The van der Waals surface area contributed by atoms with Gasteiger partial charge in [-0.3, -0.25) is 4.79 Å². The zero-order valence-electron chi connectivity index (χ0n) is 11.9. The highest BCUT2D eigenvalue weighted by Gasteiger charge is 2.16. The Bertz CT molecular complexity index is 446. The number of nitrogens with one attached hydrogen (secondary N) is 1. The van der Waals surface area contributed by atoms with Crippen LogP contribution in [0.2, 0.25) is 5.02 Å². The normalized spacial score (nSPS) is 15.7. The molecule has 0 aromatic heterocycles. The Kier molecular flexibility index (Phi) is 5.83. The molecule has 0 bridgehead atoms. The average molecular weight is 296 g/mol. The van der Waals surface area contributed by atoms with E-state index in [4.69, 9.17) is 11.6 Å². The van der Waals surface area contributed by atoms with Crippen LogP contribution >= 0.6 is 11.6 Å². The van der Waals surface area contributed by atoms with Crippen LogP contribution < -0.4 is 5.32 Å². The van der Waals surface area contributed by atoms with Gasteiger partial charge in [-0.15, -0.1) is 0 Å². The van der Waals surface area contributed by atoms with E-state index >= 15 is 0 Å². The minimum atomic E-state index is 0.248. The van der Waals surface area contributed by atoms with E-state index in [0.717, 1.165) is 49.9 Å². The predicted molar refractivity (Wildman–Crippen MR) is 81.9 cm³/mol. The lowest BCUT2D eigenvalue weighted by atomic mass is 10.2. The predicted octanol–water partition coefficient (Wildman–Crippen LogP) is 1.59. The first-order chi connectivity index (χ1) is 9.66. The molecule has 1 saturated heterocycles. The maximum Gasteiger partial charge on any atom is 0.223 e. The van der Waals surface area contributed by atoms with Crippen LogP contribution in [0.3, 0.4) is 0 Å². The van der Waals surface area contributed by atoms with E-state index in [1.807, 2.05) is 36.2 Å². The molecule has 0 saturated carbocycles. The molecule has 1 aromatic carbocycles. The highest BCUT2D eigenvalue weighted by atomic mass is 35.5. The summed E-state index contributed by atoms with van der Waals surface area (Å²) in [5, 5.41) is 4.04. The van der Waals surface area contributed by atoms with Crippen molar-refractivity contribution in [2.24, 2.45) is 0 Å². The molecular formula is C15H22ClN3O. The topological polar surface area (TPSA) is 35.6 Å². The lowest BCUT2D eigenvalue weighted by Gasteiger charge is -2.28. The standard InChI is InChI=1S/C15H22ClN3O/c1-18(12-13-4-2-3-5-14(13)16)9-6-15(20)19-10-7-17-8-11-19/h2-5,17H,6-12H2,1H3. The zero-order valence-corrected chi connectivity index (χ0v) is 12.7. The largest absolute Gasteiger partial charge is 0.340 e. The van der Waals surface area contributed by atoms with Crippen molar-refractivity contribution >= 4 is 17.5 Å². The second kappa shape index (κ2) is 7.62. The monoisotopic (exact) mass is 295 g/mol. The van der Waals surface area contributed by atoms with Crippen LogP contribution in [0.25, 0.3) is 0 Å². The maximum atomic E-state index is 12.1. The highest BCUT2D eigenvalue weighted by molar-refractivity contribution is 6.31. The Morgan fingerprint density at radius 1 is 1.35 bits per heavy atom. The van der Waals surface area contributed by atoms with E-state index in [-0.39, 0.29) is 5.91 Å². The molecule has 110 valence electrons. The number of piperazine rings is 1. The van der Waals surface area contributed by atoms with Gasteiger partial charge in [-0.2, -0.15) is 0 Å². The molecule has 0 aliphatic carbocycles. The number of nitrogens with zero attached hydrogens (tertiary/aromatic N) is 2. The van der Waals surface area contributed by atoms with E-state index in [1.165, 1.54) is 0 Å². The third kappa shape index (κ3) is 4.47. The summed E-state index contributed by atoms with van der Waals surface area (Å²) in [6.45, 7) is 4.99. The van der Waals surface area contributed by atoms with Crippen LogP contribution in [0.5, 0.6) is 0 Å². The van der Waals surface area contributed by atoms with Crippen molar-refractivity contribution in [3.8, 4) is 0 Å². The first kappa shape index (κ1) is 15.3. The average Bonchev–Trinajstić information content (AvgIpc) is 2.48. The molecule has 0 radical (unpaired) electrons. The number of halogens is 1. The fraction of sp³-hybridized carbons (Fsp3) is 0.533. The van der Waals surface area contributed by atoms with Gasteiger partial charge in [-0.25, -0.2) is 0 Å². The summed E-state index contributed by atoms with van der Waals surface area (Å²) in [4.78, 5) is 16.2. The summed E-state index contributed by atoms with van der Waals surface area (Å²) in [5.74, 6) is 0.248. The van der Waals surface area contributed by atoms with Crippen LogP contribution in [0.1, 0.15) is 12.0 Å². The van der Waals surface area contributed by atoms with Crippen LogP contribution in [0, 0.1) is 0 Å². The number of rotatable bonds is 5. The first-order valence-corrected chi connectivity index (χ1v) is 7.45. The molecule has 4 nitrogen and oxygen atoms in total. The zero-order chi connectivity index (χ0) is 14.4. The Labute approximate surface area is 125 Å². The molecule has 1 aliphatic rings. The number of amides is 1. The van der Waals surface area contributed by atoms with Crippen LogP contribution in [0.15, 0.2) is 24.3 Å². The summed E-state index contributed by atoms with van der Waals surface area (Å²) in [6, 6.07) is 7.84. The van der Waals surface area contributed by atoms with Crippen LogP contribution in [0.4, 0.5) is 0 Å². The fourth-order valence-corrected chi connectivity index (χ4v) is 2.55. The third-order valence-corrected chi connectivity index (χ3v) is 3.94. The molecule has 1 heterocycles. The summed E-state index contributed by atoms with van der Waals surface area (Å²) >= 11 is 6.14. The lowest BCUT2D eigenvalue weighted by Crippen LogP contribution is -2.47. The molecular weight excluding hydrogens is 274 g/mol. The third-order valence-electron chi connectivity index (χ3n) is 3.58. The van der Waals surface area contributed by atoms with Gasteiger partial charge >= 0.3 is 0 Å². The summed E-state index contributed by atoms with van der Waals surface area (Å²) in [5.41, 5.74) is 1.10. The van der Waals surface area contributed by atoms with Gasteiger partial charge < -0.3 is 15.1 Å². The van der Waals surface area contributed by atoms with Gasteiger partial charge in [0.25, 0.3) is 0 Å². The highest BCUT2D eigenvalue weighted by Crippen LogP contribution is 2.16. The molecule has 0 unspecified atom stereocenters. The molecule has 2 rings (SSSR count). The van der Waals surface area contributed by atoms with Gasteiger partial charge in [0.1, 0.15) is 0 Å². The van der Waals surface area contributed by atoms with Crippen LogP contribution in [-0.2, 0) is 11.3 Å². The number of hydrogen-bond donors (Lipinski definition) is 1. The SMILES string of the molecule is CN(CCC(=O)N1CCNCC1)Cc1ccccc1Cl. The van der Waals surface area contributed by atoms with Crippen molar-refractivity contribution in [1.82, 2.24) is 15.1 Å². The Morgan fingerprint density at radius 2 is 2.05 bits per heavy atom. The molecule has 20 heavy (non-hydrogen) atoms. The molecule has 1 aromatic rings. The molecule has 0 atom stereocenters. The Morgan fingerprint density at radius 3 is 2.75 bits per heavy atom. The number of carbonyl (C=O) groups excluding carboxylic acids is 1. The second-order valence-electron chi connectivity index (χ2n) is 5.21. The number of benzene rings is 1. The number of hydrogen-bond acceptors (Lipinski definition) is 3. The smallest absolute Gasteiger partial charge is 0.223 e. The van der Waals surface area contributed by atoms with Crippen LogP contribution in [-0.4, -0.2) is 55.5 Å². The van der Waals surface area contributed by atoms with Gasteiger partial charge in [0.05, 0.1) is 0 Å². The minimum absolute atomic E-state index is 0.248. The minimum Gasteiger partial charge on any atom is -0.340 e. The molecule has 0 spiro atoms. The summed E-state index contributed by atoms with van der Waals surface area (Å²) < 4.78 is 0. The van der Waals surface area contributed by atoms with Crippen molar-refractivity contribution in [3.05, 3.63) is 34.9 Å². The van der Waals surface area contributed by atoms with Crippen molar-refractivity contribution in [3.63, 3.8) is 0 Å².